The molecule has 0 unspecified atom stereocenters. The molecule has 0 atom stereocenters. The van der Waals surface area contributed by atoms with Gasteiger partial charge in [0.05, 0.1) is 21.2 Å². The van der Waals surface area contributed by atoms with Gasteiger partial charge in [0.1, 0.15) is 18.9 Å². The molecule has 0 aliphatic heterocycles. The number of nitriles is 1. The lowest BCUT2D eigenvalue weighted by Gasteiger charge is -2.12. The summed E-state index contributed by atoms with van der Waals surface area (Å²) in [6.45, 7) is 0. The fraction of sp³-hybridized carbons (Fsp3) is 0.214. The molecule has 0 bridgehead atoms. The van der Waals surface area contributed by atoms with Gasteiger partial charge in [0.2, 0.25) is 0 Å². The summed E-state index contributed by atoms with van der Waals surface area (Å²) >= 11 is 11.6. The van der Waals surface area contributed by atoms with Crippen LogP contribution in [0.25, 0.3) is 5.69 Å². The van der Waals surface area contributed by atoms with Crippen molar-refractivity contribution in [3.8, 4) is 11.8 Å². The summed E-state index contributed by atoms with van der Waals surface area (Å²) < 4.78 is 78.4. The Kier molecular flexibility index (Phi) is 5.63. The summed E-state index contributed by atoms with van der Waals surface area (Å²) in [5.74, 6) is 0. The predicted molar refractivity (Wildman–Crippen MR) is 82.9 cm³/mol. The van der Waals surface area contributed by atoms with Crippen LogP contribution in [0.2, 0.25) is 10.0 Å². The largest absolute Gasteiger partial charge is 0.437 e. The maximum absolute atomic E-state index is 13.1. The Morgan fingerprint density at radius 3 is 2.15 bits per heavy atom. The van der Waals surface area contributed by atoms with Crippen LogP contribution in [-0.2, 0) is 11.0 Å². The first-order valence-corrected chi connectivity index (χ1v) is 7.40. The van der Waals surface area contributed by atoms with Gasteiger partial charge in [0, 0.05) is 6.20 Å². The average Bonchev–Trinajstić information content (AvgIpc) is 2.93. The van der Waals surface area contributed by atoms with Crippen LogP contribution in [0.4, 0.5) is 26.3 Å². The molecule has 0 N–H and O–H groups in total. The quantitative estimate of drug-likeness (QED) is 0.391. The molecule has 1 heterocycles. The summed E-state index contributed by atoms with van der Waals surface area (Å²) in [7, 11) is 0.867. The number of hydrogen-bond donors (Lipinski definition) is 0. The highest BCUT2D eigenvalue weighted by molar-refractivity contribution is 6.37. The monoisotopic (exact) mass is 430 g/mol. The SMILES string of the molecule is CON=C(c1cn(-c2c(Cl)cc(C(F)(F)F)cc2Cl)nc1C#N)C(F)(F)F. The molecule has 0 aliphatic carbocycles. The Bertz CT molecular complexity index is 920. The number of oxime groups is 1. The number of alkyl halides is 6. The summed E-state index contributed by atoms with van der Waals surface area (Å²) in [6.07, 6.45) is -9.03. The van der Waals surface area contributed by atoms with Gasteiger partial charge in [-0.05, 0) is 12.1 Å². The zero-order valence-corrected chi connectivity index (χ0v) is 14.5. The minimum atomic E-state index is -5.00. The number of nitrogens with zero attached hydrogens (tertiary/aromatic N) is 4. The highest BCUT2D eigenvalue weighted by Gasteiger charge is 2.41. The fourth-order valence-corrected chi connectivity index (χ4v) is 2.70. The molecule has 0 spiro atoms. The van der Waals surface area contributed by atoms with Crippen LogP contribution in [-0.4, -0.2) is 28.8 Å². The molecule has 144 valence electrons. The normalized spacial score (nSPS) is 12.8. The third-order valence-electron chi connectivity index (χ3n) is 3.10. The van der Waals surface area contributed by atoms with Gasteiger partial charge in [0.25, 0.3) is 0 Å². The maximum atomic E-state index is 13.1. The summed E-state index contributed by atoms with van der Waals surface area (Å²) in [5, 5.41) is 14.4. The van der Waals surface area contributed by atoms with Gasteiger partial charge >= 0.3 is 12.4 Å². The third kappa shape index (κ3) is 4.28. The van der Waals surface area contributed by atoms with E-state index in [0.29, 0.717) is 23.0 Å². The fourth-order valence-electron chi connectivity index (χ4n) is 2.04. The Balaban J connectivity index is 2.69. The van der Waals surface area contributed by atoms with Crippen LogP contribution in [0.15, 0.2) is 23.5 Å². The molecule has 2 rings (SSSR count). The van der Waals surface area contributed by atoms with Crippen molar-refractivity contribution in [2.75, 3.05) is 7.11 Å². The number of halogens is 8. The number of aromatic nitrogens is 2. The first-order valence-electron chi connectivity index (χ1n) is 6.65. The molecule has 13 heteroatoms. The first kappa shape index (κ1) is 20.9. The number of benzene rings is 1. The molecule has 0 amide bonds. The number of hydrogen-bond acceptors (Lipinski definition) is 4. The second-order valence-electron chi connectivity index (χ2n) is 4.85. The molecule has 0 saturated carbocycles. The van der Waals surface area contributed by atoms with Crippen molar-refractivity contribution >= 4 is 28.9 Å². The highest BCUT2D eigenvalue weighted by atomic mass is 35.5. The van der Waals surface area contributed by atoms with Gasteiger partial charge in [-0.25, -0.2) is 4.68 Å². The Labute approximate surface area is 157 Å². The molecule has 1 aromatic heterocycles. The zero-order chi connectivity index (χ0) is 20.6. The van der Waals surface area contributed by atoms with E-state index in [1.165, 1.54) is 6.07 Å². The first-order chi connectivity index (χ1) is 12.4. The molecule has 2 aromatic rings. The molecule has 5 nitrogen and oxygen atoms in total. The lowest BCUT2D eigenvalue weighted by molar-refractivity contribution is -0.137. The van der Waals surface area contributed by atoms with Gasteiger partial charge < -0.3 is 4.84 Å². The number of rotatable bonds is 3. The predicted octanol–water partition coefficient (Wildman–Crippen LogP) is 4.98. The van der Waals surface area contributed by atoms with Crippen molar-refractivity contribution in [3.05, 3.63) is 45.2 Å². The molecular formula is C14H6Cl2F6N4O. The van der Waals surface area contributed by atoms with E-state index in [-0.39, 0.29) is 5.69 Å². The zero-order valence-electron chi connectivity index (χ0n) is 13.0. The second kappa shape index (κ2) is 7.28. The average molecular weight is 431 g/mol. The van der Waals surface area contributed by atoms with E-state index < -0.39 is 44.9 Å². The highest BCUT2D eigenvalue weighted by Crippen LogP contribution is 2.37. The molecule has 0 radical (unpaired) electrons. The van der Waals surface area contributed by atoms with E-state index >= 15 is 0 Å². The summed E-state index contributed by atoms with van der Waals surface area (Å²) in [5.41, 5.74) is -4.54. The Morgan fingerprint density at radius 2 is 1.74 bits per heavy atom. The van der Waals surface area contributed by atoms with Crippen LogP contribution in [0, 0.1) is 11.3 Å². The van der Waals surface area contributed by atoms with Crippen molar-refractivity contribution in [1.82, 2.24) is 9.78 Å². The van der Waals surface area contributed by atoms with Crippen molar-refractivity contribution in [3.63, 3.8) is 0 Å². The van der Waals surface area contributed by atoms with Crippen LogP contribution in [0.5, 0.6) is 0 Å². The third-order valence-corrected chi connectivity index (χ3v) is 3.68. The molecule has 0 saturated heterocycles. The molecule has 1 aromatic carbocycles. The standard InChI is InChI=1S/C14H6Cl2F6N4O/c1-27-25-12(14(20,21)22)7-5-26(24-10(7)4-23)11-8(15)2-6(3-9(11)16)13(17,18)19/h2-3,5H,1H3. The van der Waals surface area contributed by atoms with Crippen molar-refractivity contribution in [2.24, 2.45) is 5.16 Å². The molecular weight excluding hydrogens is 425 g/mol. The Hall–Kier alpha value is -2.45. The van der Waals surface area contributed by atoms with E-state index in [9.17, 15) is 26.3 Å². The topological polar surface area (TPSA) is 63.2 Å². The van der Waals surface area contributed by atoms with Crippen molar-refractivity contribution in [2.45, 2.75) is 12.4 Å². The van der Waals surface area contributed by atoms with Gasteiger partial charge in [0.15, 0.2) is 11.4 Å². The van der Waals surface area contributed by atoms with Gasteiger partial charge in [-0.1, -0.05) is 28.4 Å². The van der Waals surface area contributed by atoms with Crippen molar-refractivity contribution < 1.29 is 31.2 Å². The van der Waals surface area contributed by atoms with Crippen LogP contribution in [0.3, 0.4) is 0 Å². The van der Waals surface area contributed by atoms with E-state index in [1.54, 1.807) is 0 Å². The maximum Gasteiger partial charge on any atom is 0.437 e. The van der Waals surface area contributed by atoms with Gasteiger partial charge in [-0.3, -0.25) is 0 Å². The molecule has 0 aliphatic rings. The van der Waals surface area contributed by atoms with Crippen LogP contribution >= 0.6 is 23.2 Å². The van der Waals surface area contributed by atoms with E-state index in [1.807, 2.05) is 0 Å². The Morgan fingerprint density at radius 1 is 1.19 bits per heavy atom. The summed E-state index contributed by atoms with van der Waals surface area (Å²) in [6, 6.07) is 2.50. The van der Waals surface area contributed by atoms with E-state index in [0.717, 1.165) is 7.11 Å². The lowest BCUT2D eigenvalue weighted by atomic mass is 10.1. The minimum absolute atomic E-state index is 0.340. The van der Waals surface area contributed by atoms with E-state index in [2.05, 4.69) is 15.1 Å². The van der Waals surface area contributed by atoms with Crippen LogP contribution in [0.1, 0.15) is 16.8 Å². The van der Waals surface area contributed by atoms with Gasteiger partial charge in [-0.15, -0.1) is 0 Å². The van der Waals surface area contributed by atoms with Gasteiger partial charge in [-0.2, -0.15) is 36.7 Å². The minimum Gasteiger partial charge on any atom is -0.399 e. The van der Waals surface area contributed by atoms with Crippen LogP contribution < -0.4 is 0 Å². The van der Waals surface area contributed by atoms with Crippen molar-refractivity contribution in [1.29, 1.82) is 5.26 Å². The molecule has 0 fully saturated rings. The smallest absolute Gasteiger partial charge is 0.399 e. The summed E-state index contributed by atoms with van der Waals surface area (Å²) in [4.78, 5) is 4.14. The van der Waals surface area contributed by atoms with E-state index in [4.69, 9.17) is 28.5 Å². The lowest BCUT2D eigenvalue weighted by Crippen LogP contribution is -2.24. The molecule has 27 heavy (non-hydrogen) atoms. The second-order valence-corrected chi connectivity index (χ2v) is 5.67.